The Hall–Kier alpha value is -1.14. The van der Waals surface area contributed by atoms with Crippen molar-refractivity contribution in [2.24, 2.45) is 0 Å². The van der Waals surface area contributed by atoms with Crippen molar-refractivity contribution in [2.75, 3.05) is 18.7 Å². The molecule has 0 bridgehead atoms. The third-order valence-corrected chi connectivity index (χ3v) is 4.80. The third-order valence-electron chi connectivity index (χ3n) is 3.69. The summed E-state index contributed by atoms with van der Waals surface area (Å²) in [6, 6.07) is 3.95. The molecule has 0 aliphatic heterocycles. The molecule has 0 aromatic heterocycles. The van der Waals surface area contributed by atoms with Gasteiger partial charge in [-0.15, -0.1) is 0 Å². The van der Waals surface area contributed by atoms with Gasteiger partial charge < -0.3 is 10.1 Å². The fourth-order valence-corrected chi connectivity index (χ4v) is 3.20. The second kappa shape index (κ2) is 6.10. The largest absolute Gasteiger partial charge is 0.381 e. The van der Waals surface area contributed by atoms with Gasteiger partial charge in [0.25, 0.3) is 0 Å². The van der Waals surface area contributed by atoms with Gasteiger partial charge in [-0.05, 0) is 43.9 Å². The van der Waals surface area contributed by atoms with Crippen LogP contribution in [0.25, 0.3) is 0 Å². The molecule has 1 aliphatic carbocycles. The van der Waals surface area contributed by atoms with Gasteiger partial charge in [-0.25, -0.2) is 12.8 Å². The Bertz CT molecular complexity index is 574. The Morgan fingerprint density at radius 2 is 2.10 bits per heavy atom. The van der Waals surface area contributed by atoms with E-state index in [-0.39, 0.29) is 22.7 Å². The molecule has 2 unspecified atom stereocenters. The van der Waals surface area contributed by atoms with Crippen LogP contribution in [0.2, 0.25) is 0 Å². The summed E-state index contributed by atoms with van der Waals surface area (Å²) >= 11 is 0. The van der Waals surface area contributed by atoms with E-state index >= 15 is 0 Å². The molecule has 1 aromatic rings. The molecule has 0 spiro atoms. The minimum atomic E-state index is -3.33. The number of halogens is 1. The number of methoxy groups -OCH3 is 1. The lowest BCUT2D eigenvalue weighted by Gasteiger charge is -2.29. The van der Waals surface area contributed by atoms with E-state index in [1.165, 1.54) is 18.2 Å². The summed E-state index contributed by atoms with van der Waals surface area (Å²) in [6.07, 6.45) is 5.07. The van der Waals surface area contributed by atoms with Gasteiger partial charge >= 0.3 is 0 Å². The first-order valence-corrected chi connectivity index (χ1v) is 8.58. The van der Waals surface area contributed by atoms with Crippen molar-refractivity contribution in [3.63, 3.8) is 0 Å². The van der Waals surface area contributed by atoms with E-state index in [0.29, 0.717) is 0 Å². The van der Waals surface area contributed by atoms with E-state index in [2.05, 4.69) is 5.32 Å². The van der Waals surface area contributed by atoms with Crippen molar-refractivity contribution in [3.05, 3.63) is 24.0 Å². The zero-order valence-corrected chi connectivity index (χ0v) is 12.5. The lowest BCUT2D eigenvalue weighted by atomic mass is 9.92. The smallest absolute Gasteiger partial charge is 0.175 e. The quantitative estimate of drug-likeness (QED) is 0.869. The average molecular weight is 301 g/mol. The number of rotatable bonds is 4. The van der Waals surface area contributed by atoms with E-state index in [4.69, 9.17) is 4.74 Å². The SMILES string of the molecule is COC1CCCC(Nc2cc(S(C)(=O)=O)ccc2F)C1. The van der Waals surface area contributed by atoms with Crippen LogP contribution in [-0.4, -0.2) is 33.9 Å². The molecule has 1 saturated carbocycles. The molecule has 1 aliphatic rings. The summed E-state index contributed by atoms with van der Waals surface area (Å²) < 4.78 is 42.2. The molecule has 0 radical (unpaired) electrons. The second-order valence-corrected chi connectivity index (χ2v) is 7.30. The monoisotopic (exact) mass is 301 g/mol. The Balaban J connectivity index is 2.16. The molecule has 0 amide bonds. The number of benzene rings is 1. The molecular weight excluding hydrogens is 281 g/mol. The highest BCUT2D eigenvalue weighted by Gasteiger charge is 2.22. The van der Waals surface area contributed by atoms with E-state index in [1.807, 2.05) is 0 Å². The summed E-state index contributed by atoms with van der Waals surface area (Å²) in [6.45, 7) is 0. The van der Waals surface area contributed by atoms with Crippen molar-refractivity contribution in [3.8, 4) is 0 Å². The maximum atomic E-state index is 13.8. The van der Waals surface area contributed by atoms with Gasteiger partial charge in [-0.3, -0.25) is 0 Å². The molecule has 20 heavy (non-hydrogen) atoms. The first-order chi connectivity index (χ1) is 9.40. The number of anilines is 1. The predicted octanol–water partition coefficient (Wildman–Crippen LogP) is 2.60. The Morgan fingerprint density at radius 1 is 1.35 bits per heavy atom. The van der Waals surface area contributed by atoms with Crippen molar-refractivity contribution in [1.29, 1.82) is 0 Å². The molecule has 112 valence electrons. The maximum Gasteiger partial charge on any atom is 0.175 e. The van der Waals surface area contributed by atoms with E-state index < -0.39 is 15.7 Å². The van der Waals surface area contributed by atoms with Crippen LogP contribution in [0, 0.1) is 5.82 Å². The lowest BCUT2D eigenvalue weighted by Crippen LogP contribution is -2.31. The number of hydrogen-bond acceptors (Lipinski definition) is 4. The Morgan fingerprint density at radius 3 is 2.75 bits per heavy atom. The first-order valence-electron chi connectivity index (χ1n) is 6.69. The number of nitrogens with one attached hydrogen (secondary N) is 1. The van der Waals surface area contributed by atoms with Crippen LogP contribution in [0.3, 0.4) is 0 Å². The zero-order valence-electron chi connectivity index (χ0n) is 11.7. The van der Waals surface area contributed by atoms with Gasteiger partial charge in [0, 0.05) is 19.4 Å². The molecular formula is C14H20FNO3S. The fraction of sp³-hybridized carbons (Fsp3) is 0.571. The van der Waals surface area contributed by atoms with Crippen molar-refractivity contribution >= 4 is 15.5 Å². The second-order valence-electron chi connectivity index (χ2n) is 5.28. The van der Waals surface area contributed by atoms with Crippen LogP contribution in [0.15, 0.2) is 23.1 Å². The predicted molar refractivity (Wildman–Crippen MR) is 76.2 cm³/mol. The van der Waals surface area contributed by atoms with Crippen LogP contribution in [0.4, 0.5) is 10.1 Å². The highest BCUT2D eigenvalue weighted by Crippen LogP contribution is 2.26. The molecule has 1 aromatic carbocycles. The number of ether oxygens (including phenoxy) is 1. The topological polar surface area (TPSA) is 55.4 Å². The molecule has 0 heterocycles. The summed E-state index contributed by atoms with van der Waals surface area (Å²) in [5, 5.41) is 3.11. The van der Waals surface area contributed by atoms with Crippen LogP contribution in [-0.2, 0) is 14.6 Å². The highest BCUT2D eigenvalue weighted by molar-refractivity contribution is 7.90. The summed E-state index contributed by atoms with van der Waals surface area (Å²) in [5.74, 6) is -0.433. The van der Waals surface area contributed by atoms with Gasteiger partial charge in [0.05, 0.1) is 16.7 Å². The van der Waals surface area contributed by atoms with Gasteiger partial charge in [-0.1, -0.05) is 0 Å². The standard InChI is InChI=1S/C14H20FNO3S/c1-19-11-5-3-4-10(8-11)16-14-9-12(20(2,17)18)6-7-13(14)15/h6-7,9-11,16H,3-5,8H2,1-2H3. The van der Waals surface area contributed by atoms with Crippen molar-refractivity contribution < 1.29 is 17.5 Å². The number of hydrogen-bond donors (Lipinski definition) is 1. The van der Waals surface area contributed by atoms with E-state index in [1.54, 1.807) is 7.11 Å². The van der Waals surface area contributed by atoms with Crippen LogP contribution in [0.5, 0.6) is 0 Å². The normalized spacial score (nSPS) is 23.6. The van der Waals surface area contributed by atoms with Gasteiger partial charge in [-0.2, -0.15) is 0 Å². The summed E-state index contributed by atoms with van der Waals surface area (Å²) in [7, 11) is -1.65. The van der Waals surface area contributed by atoms with Crippen LogP contribution < -0.4 is 5.32 Å². The first kappa shape index (κ1) is 15.3. The highest BCUT2D eigenvalue weighted by atomic mass is 32.2. The van der Waals surface area contributed by atoms with Crippen molar-refractivity contribution in [2.45, 2.75) is 42.7 Å². The van der Waals surface area contributed by atoms with Crippen LogP contribution >= 0.6 is 0 Å². The summed E-state index contributed by atoms with van der Waals surface area (Å²) in [4.78, 5) is 0.125. The fourth-order valence-electron chi connectivity index (χ4n) is 2.56. The molecule has 0 saturated heterocycles. The van der Waals surface area contributed by atoms with Gasteiger partial charge in [0.2, 0.25) is 0 Å². The van der Waals surface area contributed by atoms with Gasteiger partial charge in [0.15, 0.2) is 9.84 Å². The molecule has 2 atom stereocenters. The lowest BCUT2D eigenvalue weighted by molar-refractivity contribution is 0.0669. The Labute approximate surface area is 119 Å². The molecule has 6 heteroatoms. The Kier molecular flexibility index (Phi) is 4.65. The third kappa shape index (κ3) is 3.70. The maximum absolute atomic E-state index is 13.8. The molecule has 1 fully saturated rings. The molecule has 1 N–H and O–H groups in total. The summed E-state index contributed by atoms with van der Waals surface area (Å²) in [5.41, 5.74) is 0.245. The van der Waals surface area contributed by atoms with E-state index in [0.717, 1.165) is 31.9 Å². The molecule has 4 nitrogen and oxygen atoms in total. The van der Waals surface area contributed by atoms with E-state index in [9.17, 15) is 12.8 Å². The minimum Gasteiger partial charge on any atom is -0.381 e. The number of sulfone groups is 1. The van der Waals surface area contributed by atoms with Gasteiger partial charge in [0.1, 0.15) is 5.82 Å². The van der Waals surface area contributed by atoms with Crippen molar-refractivity contribution in [1.82, 2.24) is 0 Å². The average Bonchev–Trinajstić information content (AvgIpc) is 2.40. The molecule has 2 rings (SSSR count). The zero-order chi connectivity index (χ0) is 14.8. The minimum absolute atomic E-state index is 0.109. The van der Waals surface area contributed by atoms with Crippen LogP contribution in [0.1, 0.15) is 25.7 Å².